The fraction of sp³-hybridized carbons (Fsp3) is 0.0400. The lowest BCUT2D eigenvalue weighted by Gasteiger charge is -2.11. The molecule has 2 aromatic rings. The highest BCUT2D eigenvalue weighted by molar-refractivity contribution is 5.94. The van der Waals surface area contributed by atoms with Crippen LogP contribution in [0.4, 0.5) is 0 Å². The molecular weight excluding hydrogens is 390 g/mol. The maximum atomic E-state index is 4.55. The first-order valence-electron chi connectivity index (χ1n) is 9.81. The Morgan fingerprint density at radius 1 is 0.613 bits per heavy atom. The Balaban J connectivity index is 0.000000128. The van der Waals surface area contributed by atoms with Gasteiger partial charge in [-0.1, -0.05) is 48.6 Å². The summed E-state index contributed by atoms with van der Waals surface area (Å²) in [6.07, 6.45) is 26.3. The molecule has 0 atom stereocenters. The first-order chi connectivity index (χ1) is 15.4. The molecule has 0 unspecified atom stereocenters. The monoisotopic (exact) mass is 415 g/mol. The molecule has 4 aliphatic rings. The highest BCUT2D eigenvalue weighted by atomic mass is 16.6. The number of hydrogen-bond acceptors (Lipinski definition) is 6. The molecule has 0 aromatic heterocycles. The summed E-state index contributed by atoms with van der Waals surface area (Å²) in [5.74, 6) is 0. The van der Waals surface area contributed by atoms with Gasteiger partial charge in [0.25, 0.3) is 0 Å². The van der Waals surface area contributed by atoms with Crippen molar-refractivity contribution in [3.8, 4) is 0 Å². The van der Waals surface area contributed by atoms with E-state index in [1.54, 1.807) is 55.6 Å². The fourth-order valence-electron chi connectivity index (χ4n) is 2.85. The van der Waals surface area contributed by atoms with E-state index in [9.17, 15) is 0 Å². The molecule has 0 saturated heterocycles. The summed E-state index contributed by atoms with van der Waals surface area (Å²) in [5.41, 5.74) is 10.4. The summed E-state index contributed by atoms with van der Waals surface area (Å²) in [6.45, 7) is 0. The average Bonchev–Trinajstić information content (AvgIpc) is 2.89. The Morgan fingerprint density at radius 3 is 1.58 bits per heavy atom. The molecule has 6 rings (SSSR count). The Hall–Kier alpha value is -4.32. The van der Waals surface area contributed by atoms with Crippen molar-refractivity contribution in [1.82, 2.24) is 16.4 Å². The van der Waals surface area contributed by atoms with Crippen molar-refractivity contribution in [2.75, 3.05) is 0 Å². The molecule has 0 bridgehead atoms. The zero-order chi connectivity index (χ0) is 21.4. The Bertz CT molecular complexity index is 935. The van der Waals surface area contributed by atoms with Crippen molar-refractivity contribution in [2.24, 2.45) is 0 Å². The van der Waals surface area contributed by atoms with Crippen molar-refractivity contribution < 1.29 is 14.5 Å². The normalized spacial score (nSPS) is 15.0. The van der Waals surface area contributed by atoms with Gasteiger partial charge in [0.15, 0.2) is 0 Å². The van der Waals surface area contributed by atoms with Crippen molar-refractivity contribution in [3.63, 3.8) is 0 Å². The minimum absolute atomic E-state index is 1.08. The molecule has 0 fully saturated rings. The highest BCUT2D eigenvalue weighted by Crippen LogP contribution is 2.27. The van der Waals surface area contributed by atoms with Crippen LogP contribution in [0.15, 0.2) is 116 Å². The van der Waals surface area contributed by atoms with E-state index in [1.807, 2.05) is 18.2 Å². The molecule has 0 amide bonds. The van der Waals surface area contributed by atoms with Gasteiger partial charge in [0, 0.05) is 18.6 Å². The molecule has 31 heavy (non-hydrogen) atoms. The second-order valence-electron chi connectivity index (χ2n) is 6.24. The van der Waals surface area contributed by atoms with Crippen LogP contribution >= 0.6 is 0 Å². The quantitative estimate of drug-likeness (QED) is 0.559. The summed E-state index contributed by atoms with van der Waals surface area (Å²) >= 11 is 0. The smallest absolute Gasteiger partial charge is 0.119 e. The first-order valence-corrected chi connectivity index (χ1v) is 9.81. The van der Waals surface area contributed by atoms with Crippen LogP contribution in [0.3, 0.4) is 0 Å². The van der Waals surface area contributed by atoms with Crippen LogP contribution in [0.1, 0.15) is 11.1 Å². The van der Waals surface area contributed by atoms with E-state index in [-0.39, 0.29) is 0 Å². The van der Waals surface area contributed by atoms with Crippen molar-refractivity contribution in [2.45, 2.75) is 6.42 Å². The molecule has 3 N–H and O–H groups in total. The maximum absolute atomic E-state index is 4.55. The van der Waals surface area contributed by atoms with Crippen LogP contribution in [0.2, 0.25) is 0 Å². The average molecular weight is 415 g/mol. The van der Waals surface area contributed by atoms with E-state index in [1.165, 1.54) is 21.9 Å². The molecule has 6 nitrogen and oxygen atoms in total. The van der Waals surface area contributed by atoms with E-state index in [0.717, 1.165) is 6.42 Å². The molecule has 0 saturated carbocycles. The third-order valence-electron chi connectivity index (χ3n) is 4.13. The summed E-state index contributed by atoms with van der Waals surface area (Å²) in [4.78, 5) is 13.7. The minimum Gasteiger partial charge on any atom is -0.391 e. The fourth-order valence-corrected chi connectivity index (χ4v) is 2.85. The zero-order valence-corrected chi connectivity index (χ0v) is 17.0. The van der Waals surface area contributed by atoms with Crippen LogP contribution in [-0.4, -0.2) is 0 Å². The highest BCUT2D eigenvalue weighted by Gasteiger charge is 2.06. The Labute approximate surface area is 182 Å². The number of hydrogen-bond donors (Lipinski definition) is 3. The van der Waals surface area contributed by atoms with Gasteiger partial charge in [0.05, 0.1) is 0 Å². The van der Waals surface area contributed by atoms with E-state index < -0.39 is 0 Å². The second kappa shape index (κ2) is 13.0. The van der Waals surface area contributed by atoms with E-state index in [2.05, 4.69) is 79.5 Å². The molecule has 0 radical (unpaired) electrons. The number of allylic oxidation sites excluding steroid dienone is 7. The largest absolute Gasteiger partial charge is 0.391 e. The van der Waals surface area contributed by atoms with Crippen molar-refractivity contribution >= 4 is 16.8 Å². The molecule has 1 aliphatic carbocycles. The lowest BCUT2D eigenvalue weighted by molar-refractivity contribution is 0.172. The molecular formula is C25H25N3O3. The van der Waals surface area contributed by atoms with Crippen LogP contribution < -0.4 is 16.4 Å². The Kier molecular flexibility index (Phi) is 8.97. The van der Waals surface area contributed by atoms with Gasteiger partial charge in [-0.15, -0.1) is 0 Å². The van der Waals surface area contributed by atoms with Gasteiger partial charge in [-0.2, -0.15) is 0 Å². The van der Waals surface area contributed by atoms with Crippen LogP contribution in [0.5, 0.6) is 0 Å². The van der Waals surface area contributed by atoms with E-state index in [4.69, 9.17) is 0 Å². The molecule has 0 spiro atoms. The number of rotatable bonds is 0. The molecule has 3 aliphatic heterocycles. The lowest BCUT2D eigenvalue weighted by atomic mass is 9.93. The minimum atomic E-state index is 1.08. The summed E-state index contributed by atoms with van der Waals surface area (Å²) < 4.78 is 0. The van der Waals surface area contributed by atoms with Crippen LogP contribution in [0, 0.1) is 0 Å². The lowest BCUT2D eigenvalue weighted by Crippen LogP contribution is -2.01. The molecule has 2 aromatic carbocycles. The zero-order valence-electron chi connectivity index (χ0n) is 17.0. The van der Waals surface area contributed by atoms with Gasteiger partial charge in [0.1, 0.15) is 18.8 Å². The number of benzene rings is 2. The van der Waals surface area contributed by atoms with Crippen molar-refractivity contribution in [3.05, 3.63) is 127 Å². The van der Waals surface area contributed by atoms with Gasteiger partial charge < -0.3 is 14.5 Å². The third-order valence-corrected chi connectivity index (χ3v) is 4.13. The number of nitrogens with one attached hydrogen (secondary N) is 3. The molecule has 158 valence electrons. The van der Waals surface area contributed by atoms with Crippen LogP contribution in [0.25, 0.3) is 16.8 Å². The maximum Gasteiger partial charge on any atom is 0.119 e. The number of hydroxylamine groups is 3. The predicted octanol–water partition coefficient (Wildman–Crippen LogP) is 5.05. The standard InChI is InChI=1S/C13H10.3C4H5NO/c1-4-10-6-2-8-12-9-3-7-11(5-1)13(10)12;3*1-2-4-6-5-3-1/h1-8H,9H2;3*1-5H. The summed E-state index contributed by atoms with van der Waals surface area (Å²) in [7, 11) is 0. The molecule has 3 heterocycles. The SMILES string of the molecule is C1=CNOC=C1.C1=CNOC=C1.C1=CNOC=C1.C1=Cc2cccc3cccc(c23)C1. The van der Waals surface area contributed by atoms with Gasteiger partial charge in [-0.05, 0) is 64.8 Å². The van der Waals surface area contributed by atoms with E-state index in [0.29, 0.717) is 0 Å². The Morgan fingerprint density at radius 2 is 1.16 bits per heavy atom. The first kappa shape index (κ1) is 21.4. The van der Waals surface area contributed by atoms with Crippen LogP contribution in [-0.2, 0) is 20.9 Å². The van der Waals surface area contributed by atoms with Gasteiger partial charge in [0.2, 0.25) is 0 Å². The van der Waals surface area contributed by atoms with Gasteiger partial charge in [-0.3, -0.25) is 0 Å². The summed E-state index contributed by atoms with van der Waals surface area (Å²) in [5, 5.41) is 2.80. The predicted molar refractivity (Wildman–Crippen MR) is 124 cm³/mol. The summed E-state index contributed by atoms with van der Waals surface area (Å²) in [6, 6.07) is 13.0. The van der Waals surface area contributed by atoms with Crippen molar-refractivity contribution in [1.29, 1.82) is 0 Å². The van der Waals surface area contributed by atoms with E-state index >= 15 is 0 Å². The molecule has 6 heteroatoms. The van der Waals surface area contributed by atoms with Gasteiger partial charge in [-0.25, -0.2) is 16.4 Å². The second-order valence-corrected chi connectivity index (χ2v) is 6.24. The van der Waals surface area contributed by atoms with Gasteiger partial charge >= 0.3 is 0 Å². The topological polar surface area (TPSA) is 63.8 Å². The third kappa shape index (κ3) is 7.55.